The van der Waals surface area contributed by atoms with E-state index in [-0.39, 0.29) is 17.4 Å². The predicted molar refractivity (Wildman–Crippen MR) is 76.3 cm³/mol. The minimum Gasteiger partial charge on any atom is -0.292 e. The van der Waals surface area contributed by atoms with E-state index in [0.29, 0.717) is 12.1 Å². The molecule has 0 saturated heterocycles. The standard InChI is InChI=1S/C14H16N4O3/c1-4-12-14(18(20)21)13(10(3)19)16-17(12)9(2)11-7-5-6-8-15-11/h5-9H,4H2,1-3H3. The summed E-state index contributed by atoms with van der Waals surface area (Å²) in [6.07, 6.45) is 2.06. The maximum absolute atomic E-state index is 11.6. The molecule has 0 aliphatic rings. The Morgan fingerprint density at radius 3 is 2.67 bits per heavy atom. The minimum atomic E-state index is -0.537. The van der Waals surface area contributed by atoms with Gasteiger partial charge in [0.1, 0.15) is 5.69 Å². The SMILES string of the molecule is CCc1c([N+](=O)[O-])c(C(C)=O)nn1C(C)c1ccccn1. The molecule has 2 aromatic heterocycles. The van der Waals surface area contributed by atoms with Crippen molar-refractivity contribution in [1.82, 2.24) is 14.8 Å². The second kappa shape index (κ2) is 5.82. The fourth-order valence-electron chi connectivity index (χ4n) is 2.29. The summed E-state index contributed by atoms with van der Waals surface area (Å²) in [5, 5.41) is 15.4. The molecule has 0 aromatic carbocycles. The zero-order chi connectivity index (χ0) is 15.6. The van der Waals surface area contributed by atoms with Crippen LogP contribution in [0.1, 0.15) is 48.7 Å². The summed E-state index contributed by atoms with van der Waals surface area (Å²) in [5.74, 6) is -0.414. The first-order valence-corrected chi connectivity index (χ1v) is 6.65. The molecule has 0 spiro atoms. The number of hydrogen-bond donors (Lipinski definition) is 0. The molecule has 2 rings (SSSR count). The van der Waals surface area contributed by atoms with Crippen LogP contribution in [0.5, 0.6) is 0 Å². The van der Waals surface area contributed by atoms with E-state index in [1.165, 1.54) is 11.6 Å². The van der Waals surface area contributed by atoms with Gasteiger partial charge >= 0.3 is 5.69 Å². The van der Waals surface area contributed by atoms with Crippen molar-refractivity contribution in [3.63, 3.8) is 0 Å². The van der Waals surface area contributed by atoms with E-state index < -0.39 is 10.7 Å². The highest BCUT2D eigenvalue weighted by atomic mass is 16.6. The van der Waals surface area contributed by atoms with E-state index in [4.69, 9.17) is 0 Å². The Hall–Kier alpha value is -2.57. The van der Waals surface area contributed by atoms with Crippen molar-refractivity contribution in [1.29, 1.82) is 0 Å². The minimum absolute atomic E-state index is 0.0976. The summed E-state index contributed by atoms with van der Waals surface area (Å²) in [4.78, 5) is 26.6. The van der Waals surface area contributed by atoms with Crippen LogP contribution in [0.3, 0.4) is 0 Å². The molecule has 2 heterocycles. The monoisotopic (exact) mass is 288 g/mol. The van der Waals surface area contributed by atoms with Gasteiger partial charge < -0.3 is 0 Å². The predicted octanol–water partition coefficient (Wildman–Crippen LogP) is 2.56. The van der Waals surface area contributed by atoms with Gasteiger partial charge in [0.25, 0.3) is 0 Å². The zero-order valence-corrected chi connectivity index (χ0v) is 12.1. The van der Waals surface area contributed by atoms with Gasteiger partial charge in [-0.1, -0.05) is 13.0 Å². The van der Waals surface area contributed by atoms with Crippen LogP contribution < -0.4 is 0 Å². The van der Waals surface area contributed by atoms with Gasteiger partial charge in [0, 0.05) is 13.1 Å². The third-order valence-electron chi connectivity index (χ3n) is 3.32. The summed E-state index contributed by atoms with van der Waals surface area (Å²) < 4.78 is 1.52. The van der Waals surface area contributed by atoms with Gasteiger partial charge in [-0.15, -0.1) is 0 Å². The Bertz CT molecular complexity index is 679. The average Bonchev–Trinajstić information content (AvgIpc) is 2.87. The number of nitro groups is 1. The molecule has 0 aliphatic carbocycles. The lowest BCUT2D eigenvalue weighted by Gasteiger charge is -2.13. The first-order chi connectivity index (χ1) is 9.97. The van der Waals surface area contributed by atoms with Crippen LogP contribution in [0.25, 0.3) is 0 Å². The molecular weight excluding hydrogens is 272 g/mol. The average molecular weight is 288 g/mol. The molecule has 1 atom stereocenters. The van der Waals surface area contributed by atoms with Crippen LogP contribution in [0.4, 0.5) is 5.69 Å². The van der Waals surface area contributed by atoms with Crippen LogP contribution in [0.2, 0.25) is 0 Å². The van der Waals surface area contributed by atoms with Gasteiger partial charge in [-0.25, -0.2) is 0 Å². The Balaban J connectivity index is 2.61. The second-order valence-corrected chi connectivity index (χ2v) is 4.69. The lowest BCUT2D eigenvalue weighted by Crippen LogP contribution is -2.13. The number of carbonyl (C=O) groups excluding carboxylic acids is 1. The van der Waals surface area contributed by atoms with E-state index >= 15 is 0 Å². The smallest absolute Gasteiger partial charge is 0.292 e. The Morgan fingerprint density at radius 1 is 1.48 bits per heavy atom. The molecular formula is C14H16N4O3. The lowest BCUT2D eigenvalue weighted by atomic mass is 10.2. The van der Waals surface area contributed by atoms with Crippen molar-refractivity contribution < 1.29 is 9.72 Å². The van der Waals surface area contributed by atoms with Crippen molar-refractivity contribution in [3.05, 3.63) is 51.6 Å². The number of Topliss-reactive ketones (excluding diaryl/α,β-unsaturated/α-hetero) is 1. The summed E-state index contributed by atoms with van der Waals surface area (Å²) >= 11 is 0. The van der Waals surface area contributed by atoms with E-state index in [0.717, 1.165) is 5.69 Å². The molecule has 7 nitrogen and oxygen atoms in total. The van der Waals surface area contributed by atoms with Gasteiger partial charge in [0.15, 0.2) is 5.78 Å². The maximum Gasteiger partial charge on any atom is 0.321 e. The van der Waals surface area contributed by atoms with Crippen molar-refractivity contribution in [2.75, 3.05) is 0 Å². The molecule has 0 radical (unpaired) electrons. The first-order valence-electron chi connectivity index (χ1n) is 6.65. The quantitative estimate of drug-likeness (QED) is 0.479. The number of rotatable bonds is 5. The van der Waals surface area contributed by atoms with Crippen LogP contribution in [-0.2, 0) is 6.42 Å². The summed E-state index contributed by atoms with van der Waals surface area (Å²) in [6, 6.07) is 5.18. The highest BCUT2D eigenvalue weighted by Crippen LogP contribution is 2.28. The molecule has 1 unspecified atom stereocenters. The van der Waals surface area contributed by atoms with E-state index in [1.54, 1.807) is 19.2 Å². The second-order valence-electron chi connectivity index (χ2n) is 4.69. The van der Waals surface area contributed by atoms with Crippen molar-refractivity contribution >= 4 is 11.5 Å². The molecule has 0 amide bonds. The van der Waals surface area contributed by atoms with Gasteiger partial charge in [-0.3, -0.25) is 24.6 Å². The third-order valence-corrected chi connectivity index (χ3v) is 3.32. The van der Waals surface area contributed by atoms with Crippen LogP contribution in [-0.4, -0.2) is 25.5 Å². The molecule has 0 bridgehead atoms. The fraction of sp³-hybridized carbons (Fsp3) is 0.357. The largest absolute Gasteiger partial charge is 0.321 e. The topological polar surface area (TPSA) is 90.9 Å². The number of nitrogens with zero attached hydrogens (tertiary/aromatic N) is 4. The highest BCUT2D eigenvalue weighted by Gasteiger charge is 2.31. The molecule has 21 heavy (non-hydrogen) atoms. The first kappa shape index (κ1) is 14.8. The van der Waals surface area contributed by atoms with E-state index in [1.807, 2.05) is 19.1 Å². The fourth-order valence-corrected chi connectivity index (χ4v) is 2.29. The van der Waals surface area contributed by atoms with Crippen molar-refractivity contribution in [3.8, 4) is 0 Å². The van der Waals surface area contributed by atoms with E-state index in [9.17, 15) is 14.9 Å². The molecule has 0 N–H and O–H groups in total. The van der Waals surface area contributed by atoms with Gasteiger partial charge in [0.05, 0.1) is 16.7 Å². The van der Waals surface area contributed by atoms with Crippen molar-refractivity contribution in [2.45, 2.75) is 33.2 Å². The van der Waals surface area contributed by atoms with Crippen LogP contribution in [0.15, 0.2) is 24.4 Å². The molecule has 0 saturated carbocycles. The third kappa shape index (κ3) is 2.67. The number of carbonyl (C=O) groups is 1. The Kier molecular flexibility index (Phi) is 4.11. The summed E-state index contributed by atoms with van der Waals surface area (Å²) in [5.41, 5.74) is 0.871. The molecule has 2 aromatic rings. The molecule has 0 fully saturated rings. The molecule has 7 heteroatoms. The van der Waals surface area contributed by atoms with Gasteiger partial charge in [0.2, 0.25) is 5.69 Å². The zero-order valence-electron chi connectivity index (χ0n) is 12.1. The van der Waals surface area contributed by atoms with Gasteiger partial charge in [-0.05, 0) is 25.5 Å². The Labute approximate surface area is 121 Å². The number of ketones is 1. The maximum atomic E-state index is 11.6. The lowest BCUT2D eigenvalue weighted by molar-refractivity contribution is -0.385. The van der Waals surface area contributed by atoms with Gasteiger partial charge in [-0.2, -0.15) is 5.10 Å². The highest BCUT2D eigenvalue weighted by molar-refractivity contribution is 5.96. The number of aromatic nitrogens is 3. The molecule has 110 valence electrons. The van der Waals surface area contributed by atoms with Crippen molar-refractivity contribution in [2.24, 2.45) is 0 Å². The summed E-state index contributed by atoms with van der Waals surface area (Å²) in [7, 11) is 0. The number of pyridine rings is 1. The Morgan fingerprint density at radius 2 is 2.19 bits per heavy atom. The number of hydrogen-bond acceptors (Lipinski definition) is 5. The normalized spacial score (nSPS) is 12.1. The van der Waals surface area contributed by atoms with Crippen LogP contribution in [0, 0.1) is 10.1 Å². The summed E-state index contributed by atoms with van der Waals surface area (Å²) in [6.45, 7) is 4.93. The van der Waals surface area contributed by atoms with Crippen LogP contribution >= 0.6 is 0 Å². The van der Waals surface area contributed by atoms with E-state index in [2.05, 4.69) is 10.1 Å². The molecule has 0 aliphatic heterocycles.